The van der Waals surface area contributed by atoms with Crippen molar-refractivity contribution in [3.63, 3.8) is 0 Å². The fraction of sp³-hybridized carbons (Fsp3) is 0.417. The first-order chi connectivity index (χ1) is 7.45. The number of carbonyl (C=O) groups is 1. The number of hydrogen-bond acceptors (Lipinski definition) is 2. The van der Waals surface area contributed by atoms with Gasteiger partial charge in [-0.1, -0.05) is 17.7 Å². The predicted molar refractivity (Wildman–Crippen MR) is 68.3 cm³/mol. The van der Waals surface area contributed by atoms with Gasteiger partial charge in [0.1, 0.15) is 5.75 Å². The van der Waals surface area contributed by atoms with Crippen LogP contribution in [0.25, 0.3) is 0 Å². The first kappa shape index (κ1) is 13.0. The number of amides is 1. The number of aryl methyl sites for hydroxylation is 2. The highest BCUT2D eigenvalue weighted by molar-refractivity contribution is 9.18. The number of nitrogens with zero attached hydrogens (tertiary/aromatic N) is 1. The molecule has 0 heterocycles. The van der Waals surface area contributed by atoms with Crippen molar-refractivity contribution in [1.82, 2.24) is 4.90 Å². The zero-order chi connectivity index (χ0) is 12.3. The molecule has 0 aromatic heterocycles. The Labute approximate surface area is 105 Å². The number of halogens is 1. The van der Waals surface area contributed by atoms with E-state index in [9.17, 15) is 4.79 Å². The van der Waals surface area contributed by atoms with Crippen LogP contribution in [0.3, 0.4) is 0 Å². The number of ether oxygens (including phenoxy) is 1. The van der Waals surface area contributed by atoms with Crippen molar-refractivity contribution in [3.05, 3.63) is 28.8 Å². The molecule has 0 radical (unpaired) electrons. The van der Waals surface area contributed by atoms with E-state index in [0.29, 0.717) is 6.54 Å². The minimum absolute atomic E-state index is 0.131. The van der Waals surface area contributed by atoms with E-state index in [1.54, 1.807) is 19.1 Å². The maximum Gasteiger partial charge on any atom is 0.289 e. The molecular formula is C12H16BrNO2. The molecule has 0 atom stereocenters. The Bertz CT molecular complexity index is 404. The number of rotatable bonds is 3. The molecule has 0 unspecified atom stereocenters. The quantitative estimate of drug-likeness (QED) is 0.630. The fourth-order valence-electron chi connectivity index (χ4n) is 1.77. The second-order valence-electron chi connectivity index (χ2n) is 3.88. The number of carbonyl (C=O) groups excluding carboxylic acids is 1. The van der Waals surface area contributed by atoms with Crippen LogP contribution in [0.2, 0.25) is 0 Å². The molecule has 3 nitrogen and oxygen atoms in total. The van der Waals surface area contributed by atoms with E-state index in [-0.39, 0.29) is 4.82 Å². The molecule has 0 aliphatic heterocycles. The van der Waals surface area contributed by atoms with E-state index in [2.05, 4.69) is 22.0 Å². The standard InChI is InChI=1S/C12H16BrNO2/c1-8-5-9(2)11(16-4)10(6-8)7-14(3)12(13)15/h5-6H,7H2,1-4H3. The van der Waals surface area contributed by atoms with Crippen molar-refractivity contribution in [2.75, 3.05) is 14.2 Å². The van der Waals surface area contributed by atoms with Crippen molar-refractivity contribution in [1.29, 1.82) is 0 Å². The van der Waals surface area contributed by atoms with Crippen LogP contribution >= 0.6 is 15.9 Å². The van der Waals surface area contributed by atoms with E-state index >= 15 is 0 Å². The van der Waals surface area contributed by atoms with Gasteiger partial charge in [-0.25, -0.2) is 0 Å². The molecule has 0 saturated carbocycles. The van der Waals surface area contributed by atoms with Gasteiger partial charge in [0.2, 0.25) is 0 Å². The van der Waals surface area contributed by atoms with E-state index in [4.69, 9.17) is 4.74 Å². The Morgan fingerprint density at radius 3 is 2.56 bits per heavy atom. The highest BCUT2D eigenvalue weighted by atomic mass is 79.9. The average molecular weight is 286 g/mol. The van der Waals surface area contributed by atoms with Gasteiger partial charge < -0.3 is 9.64 Å². The van der Waals surface area contributed by atoms with Gasteiger partial charge in [-0.05, 0) is 19.4 Å². The Balaban J connectivity index is 3.07. The van der Waals surface area contributed by atoms with Gasteiger partial charge in [-0.3, -0.25) is 4.79 Å². The maximum absolute atomic E-state index is 11.1. The number of benzene rings is 1. The maximum atomic E-state index is 11.1. The lowest BCUT2D eigenvalue weighted by atomic mass is 10.1. The molecule has 88 valence electrons. The molecule has 1 aromatic carbocycles. The second kappa shape index (κ2) is 5.34. The van der Waals surface area contributed by atoms with Gasteiger partial charge in [-0.2, -0.15) is 0 Å². The molecule has 1 aromatic rings. The Hall–Kier alpha value is -1.03. The monoisotopic (exact) mass is 285 g/mol. The minimum Gasteiger partial charge on any atom is -0.496 e. The lowest BCUT2D eigenvalue weighted by Crippen LogP contribution is -2.20. The third-order valence-electron chi connectivity index (χ3n) is 2.41. The number of methoxy groups -OCH3 is 1. The molecular weight excluding hydrogens is 270 g/mol. The van der Waals surface area contributed by atoms with Crippen LogP contribution in [-0.4, -0.2) is 23.9 Å². The van der Waals surface area contributed by atoms with Crippen LogP contribution < -0.4 is 4.74 Å². The zero-order valence-electron chi connectivity index (χ0n) is 10.0. The first-order valence-corrected chi connectivity index (χ1v) is 5.79. The van der Waals surface area contributed by atoms with Gasteiger partial charge in [0.15, 0.2) is 0 Å². The summed E-state index contributed by atoms with van der Waals surface area (Å²) in [6, 6.07) is 4.11. The smallest absolute Gasteiger partial charge is 0.289 e. The van der Waals surface area contributed by atoms with Gasteiger partial charge in [0.25, 0.3) is 4.82 Å². The Morgan fingerprint density at radius 1 is 1.44 bits per heavy atom. The average Bonchev–Trinajstić information content (AvgIpc) is 2.16. The summed E-state index contributed by atoms with van der Waals surface area (Å²) < 4.78 is 5.36. The lowest BCUT2D eigenvalue weighted by molar-refractivity contribution is 0.232. The normalized spacial score (nSPS) is 10.1. The Kier molecular flexibility index (Phi) is 4.35. The first-order valence-electron chi connectivity index (χ1n) is 5.00. The molecule has 0 fully saturated rings. The lowest BCUT2D eigenvalue weighted by Gasteiger charge is -2.18. The van der Waals surface area contributed by atoms with E-state index in [0.717, 1.165) is 16.9 Å². The SMILES string of the molecule is COc1c(C)cc(C)cc1CN(C)C(=O)Br. The minimum atomic E-state index is -0.131. The Morgan fingerprint density at radius 2 is 2.06 bits per heavy atom. The van der Waals surface area contributed by atoms with Crippen molar-refractivity contribution in [3.8, 4) is 5.75 Å². The van der Waals surface area contributed by atoms with Crippen LogP contribution in [0.4, 0.5) is 4.79 Å². The van der Waals surface area contributed by atoms with Crippen molar-refractivity contribution in [2.45, 2.75) is 20.4 Å². The third kappa shape index (κ3) is 2.98. The molecule has 1 rings (SSSR count). The van der Waals surface area contributed by atoms with E-state index in [1.165, 1.54) is 5.56 Å². The van der Waals surface area contributed by atoms with Crippen LogP contribution in [0.1, 0.15) is 16.7 Å². The topological polar surface area (TPSA) is 29.5 Å². The summed E-state index contributed by atoms with van der Waals surface area (Å²) in [4.78, 5) is 12.6. The van der Waals surface area contributed by atoms with E-state index in [1.807, 2.05) is 19.9 Å². The van der Waals surface area contributed by atoms with Gasteiger partial charge in [-0.15, -0.1) is 0 Å². The molecule has 0 spiro atoms. The summed E-state index contributed by atoms with van der Waals surface area (Å²) >= 11 is 2.93. The zero-order valence-corrected chi connectivity index (χ0v) is 11.6. The summed E-state index contributed by atoms with van der Waals surface area (Å²) in [5, 5.41) is 0. The molecule has 0 saturated heterocycles. The largest absolute Gasteiger partial charge is 0.496 e. The second-order valence-corrected chi connectivity index (χ2v) is 4.56. The van der Waals surface area contributed by atoms with Crippen molar-refractivity contribution in [2.24, 2.45) is 0 Å². The van der Waals surface area contributed by atoms with Gasteiger partial charge in [0, 0.05) is 35.1 Å². The highest BCUT2D eigenvalue weighted by Gasteiger charge is 2.11. The molecule has 16 heavy (non-hydrogen) atoms. The highest BCUT2D eigenvalue weighted by Crippen LogP contribution is 2.26. The van der Waals surface area contributed by atoms with Crippen molar-refractivity contribution >= 4 is 20.7 Å². The molecule has 0 N–H and O–H groups in total. The number of hydrogen-bond donors (Lipinski definition) is 0. The van der Waals surface area contributed by atoms with E-state index < -0.39 is 0 Å². The van der Waals surface area contributed by atoms with Crippen LogP contribution in [-0.2, 0) is 6.54 Å². The molecule has 0 aliphatic rings. The molecule has 4 heteroatoms. The summed E-state index contributed by atoms with van der Waals surface area (Å²) in [5.41, 5.74) is 3.28. The fourth-order valence-corrected chi connectivity index (χ4v) is 1.89. The molecule has 1 amide bonds. The molecule has 0 aliphatic carbocycles. The summed E-state index contributed by atoms with van der Waals surface area (Å²) in [5.74, 6) is 0.853. The predicted octanol–water partition coefficient (Wildman–Crippen LogP) is 3.26. The van der Waals surface area contributed by atoms with Crippen LogP contribution in [0.5, 0.6) is 5.75 Å². The van der Waals surface area contributed by atoms with Crippen molar-refractivity contribution < 1.29 is 9.53 Å². The van der Waals surface area contributed by atoms with Gasteiger partial charge in [0.05, 0.1) is 7.11 Å². The third-order valence-corrected chi connectivity index (χ3v) is 3.01. The van der Waals surface area contributed by atoms with Crippen LogP contribution in [0, 0.1) is 13.8 Å². The summed E-state index contributed by atoms with van der Waals surface area (Å²) in [7, 11) is 3.39. The summed E-state index contributed by atoms with van der Waals surface area (Å²) in [6.07, 6.45) is 0. The van der Waals surface area contributed by atoms with Crippen LogP contribution in [0.15, 0.2) is 12.1 Å². The summed E-state index contributed by atoms with van der Waals surface area (Å²) in [6.45, 7) is 4.58. The van der Waals surface area contributed by atoms with Gasteiger partial charge >= 0.3 is 0 Å². The molecule has 0 bridgehead atoms.